The molecule has 10 nitrogen and oxygen atoms in total. The van der Waals surface area contributed by atoms with Crippen molar-refractivity contribution < 1.29 is 37.8 Å². The molecule has 0 unspecified atom stereocenters. The highest BCUT2D eigenvalue weighted by molar-refractivity contribution is 6.32. The Kier molecular flexibility index (Phi) is 9.25. The van der Waals surface area contributed by atoms with Crippen molar-refractivity contribution in [2.45, 2.75) is 56.9 Å². The van der Waals surface area contributed by atoms with Gasteiger partial charge in [-0.1, -0.05) is 30.3 Å². The van der Waals surface area contributed by atoms with Gasteiger partial charge in [0.25, 0.3) is 11.8 Å². The largest absolute Gasteiger partial charge is 0.635 e. The molecule has 2 saturated heterocycles. The summed E-state index contributed by atoms with van der Waals surface area (Å²) >= 11 is 0. The van der Waals surface area contributed by atoms with Crippen molar-refractivity contribution in [1.82, 2.24) is 15.1 Å². The number of nitrogens with one attached hydrogen (secondary N) is 1. The van der Waals surface area contributed by atoms with E-state index < -0.39 is 49.7 Å². The number of likely N-dealkylation sites (tertiary alicyclic amines) is 2. The maximum Gasteiger partial charge on any atom is 0.635 e. The maximum absolute atomic E-state index is 13.7. The molecule has 2 aliphatic heterocycles. The van der Waals surface area contributed by atoms with Gasteiger partial charge in [-0.05, 0) is 25.5 Å². The number of carbonyl (C=O) groups is 2. The van der Waals surface area contributed by atoms with Gasteiger partial charge in [0.05, 0.1) is 13.1 Å². The summed E-state index contributed by atoms with van der Waals surface area (Å²) in [4.78, 5) is 28.3. The van der Waals surface area contributed by atoms with E-state index >= 15 is 0 Å². The first kappa shape index (κ1) is 28.5. The van der Waals surface area contributed by atoms with Gasteiger partial charge in [-0.15, -0.1) is 0 Å². The highest BCUT2D eigenvalue weighted by Gasteiger charge is 2.43. The number of nitrogens with zero attached hydrogens (tertiary/aromatic N) is 3. The van der Waals surface area contributed by atoms with Gasteiger partial charge >= 0.3 is 13.4 Å². The third kappa shape index (κ3) is 8.23. The number of hydrogen-bond acceptors (Lipinski definition) is 8. The Bertz CT molecular complexity index is 1030. The number of rotatable bonds is 9. The monoisotopic (exact) mass is 520 g/mol. The molecule has 3 N–H and O–H groups in total. The molecular weight excluding hydrogens is 489 g/mol. The van der Waals surface area contributed by atoms with E-state index in [9.17, 15) is 23.6 Å². The van der Waals surface area contributed by atoms with Crippen LogP contribution in [-0.2, 0) is 20.6 Å². The van der Waals surface area contributed by atoms with Crippen LogP contribution in [0.5, 0.6) is 0 Å². The summed E-state index contributed by atoms with van der Waals surface area (Å²) in [6, 6.07) is 10.8. The Morgan fingerprint density at radius 3 is 2.62 bits per heavy atom. The summed E-state index contributed by atoms with van der Waals surface area (Å²) in [6.45, 7) is 3.34. The van der Waals surface area contributed by atoms with Crippen LogP contribution >= 0.6 is 0 Å². The zero-order valence-electron chi connectivity index (χ0n) is 20.8. The van der Waals surface area contributed by atoms with Gasteiger partial charge < -0.3 is 24.3 Å². The average molecular weight is 520 g/mol. The van der Waals surface area contributed by atoms with Crippen LogP contribution < -0.4 is 5.32 Å². The van der Waals surface area contributed by atoms with Gasteiger partial charge in [-0.3, -0.25) is 15.0 Å². The second-order valence-corrected chi connectivity index (χ2v) is 9.70. The van der Waals surface area contributed by atoms with Crippen LogP contribution in [0.4, 0.5) is 13.6 Å². The summed E-state index contributed by atoms with van der Waals surface area (Å²) in [5.41, 5.74) is -0.317. The van der Waals surface area contributed by atoms with E-state index in [-0.39, 0.29) is 38.0 Å². The quantitative estimate of drug-likeness (QED) is 0.193. The number of halogens is 2. The molecule has 2 heterocycles. The molecule has 0 bridgehead atoms. The van der Waals surface area contributed by atoms with Crippen LogP contribution in [0.15, 0.2) is 42.0 Å². The van der Waals surface area contributed by atoms with E-state index in [2.05, 4.69) is 5.32 Å². The predicted molar refractivity (Wildman–Crippen MR) is 129 cm³/mol. The fraction of sp³-hybridized carbons (Fsp3) is 0.542. The predicted octanol–water partition coefficient (Wildman–Crippen LogP) is 1.44. The van der Waals surface area contributed by atoms with Crippen molar-refractivity contribution in [1.29, 1.82) is 5.26 Å². The van der Waals surface area contributed by atoms with Crippen molar-refractivity contribution in [2.24, 2.45) is 0 Å². The van der Waals surface area contributed by atoms with E-state index in [1.54, 1.807) is 38.1 Å². The zero-order valence-corrected chi connectivity index (χ0v) is 20.8. The maximum atomic E-state index is 13.7. The summed E-state index contributed by atoms with van der Waals surface area (Å²) in [7, 11) is -2.11. The third-order valence-electron chi connectivity index (χ3n) is 6.37. The molecule has 2 atom stereocenters. The second kappa shape index (κ2) is 12.0. The van der Waals surface area contributed by atoms with Gasteiger partial charge in [-0.2, -0.15) is 5.26 Å². The van der Waals surface area contributed by atoms with Crippen LogP contribution in [0.2, 0.25) is 0 Å². The average Bonchev–Trinajstić information content (AvgIpc) is 3.43. The van der Waals surface area contributed by atoms with Crippen molar-refractivity contribution in [3.63, 3.8) is 0 Å². The van der Waals surface area contributed by atoms with Gasteiger partial charge in [0, 0.05) is 37.9 Å². The van der Waals surface area contributed by atoms with Crippen LogP contribution in [0.25, 0.3) is 0 Å². The summed E-state index contributed by atoms with van der Waals surface area (Å²) in [6.07, 6.45) is -1.00. The SMILES string of the molecule is CC(C)(C=C(C#N)C(=O)N1CC[C@H](OC(=O)N[C@@H](Cc2ccccc2)OB(O)O)C1)N1CCC(F)(F)C1. The molecule has 2 fully saturated rings. The lowest BCUT2D eigenvalue weighted by molar-refractivity contribution is -0.126. The molecule has 200 valence electrons. The topological polar surface area (TPSA) is 135 Å². The zero-order chi connectivity index (χ0) is 27.2. The second-order valence-electron chi connectivity index (χ2n) is 9.70. The van der Waals surface area contributed by atoms with Crippen molar-refractivity contribution in [3.05, 3.63) is 47.5 Å². The summed E-state index contributed by atoms with van der Waals surface area (Å²) in [5, 5.41) is 30.4. The standard InChI is InChI=1S/C24H31BF2N4O6/c1-23(2,31-11-9-24(26,27)16-31)13-18(14-28)21(32)30-10-8-19(15-30)36-22(33)29-20(37-25(34)35)12-17-6-4-3-5-7-17/h3-7,13,19-20,34-35H,8-12,15-16H2,1-2H3,(H,29,33)/t19-,20+/m0/s1. The fourth-order valence-electron chi connectivity index (χ4n) is 4.42. The first-order valence-corrected chi connectivity index (χ1v) is 12.0. The molecule has 0 radical (unpaired) electrons. The molecule has 2 aliphatic rings. The molecule has 13 heteroatoms. The first-order chi connectivity index (χ1) is 17.4. The molecule has 37 heavy (non-hydrogen) atoms. The lowest BCUT2D eigenvalue weighted by Crippen LogP contribution is -2.44. The number of ether oxygens (including phenoxy) is 1. The van der Waals surface area contributed by atoms with Gasteiger partial charge in [0.15, 0.2) is 0 Å². The van der Waals surface area contributed by atoms with Crippen LogP contribution in [-0.4, -0.2) is 89.1 Å². The molecule has 1 aromatic rings. The number of alkyl carbamates (subject to hydrolysis) is 1. The molecule has 0 aliphatic carbocycles. The Morgan fingerprint density at radius 2 is 2.03 bits per heavy atom. The number of carbonyl (C=O) groups excluding carboxylic acids is 2. The Hall–Kier alpha value is -3.05. The van der Waals surface area contributed by atoms with Crippen LogP contribution in [0.3, 0.4) is 0 Å². The molecule has 0 aromatic heterocycles. The smallest absolute Gasteiger partial charge is 0.444 e. The van der Waals surface area contributed by atoms with E-state index in [1.807, 2.05) is 12.1 Å². The third-order valence-corrected chi connectivity index (χ3v) is 6.37. The Balaban J connectivity index is 1.56. The molecular formula is C24H31BF2N4O6. The highest BCUT2D eigenvalue weighted by Crippen LogP contribution is 2.33. The van der Waals surface area contributed by atoms with Crippen LogP contribution in [0, 0.1) is 11.3 Å². The first-order valence-electron chi connectivity index (χ1n) is 12.0. The van der Waals surface area contributed by atoms with Crippen LogP contribution in [0.1, 0.15) is 32.3 Å². The molecule has 2 amide bonds. The van der Waals surface area contributed by atoms with Gasteiger partial charge in [0.1, 0.15) is 24.0 Å². The highest BCUT2D eigenvalue weighted by atomic mass is 19.3. The van der Waals surface area contributed by atoms with Crippen molar-refractivity contribution in [2.75, 3.05) is 26.2 Å². The molecule has 0 spiro atoms. The number of amides is 2. The molecule has 3 rings (SSSR count). The minimum Gasteiger partial charge on any atom is -0.444 e. The van der Waals surface area contributed by atoms with E-state index in [1.165, 1.54) is 15.9 Å². The summed E-state index contributed by atoms with van der Waals surface area (Å²) in [5.74, 6) is -3.37. The van der Waals surface area contributed by atoms with Gasteiger partial charge in [-0.25, -0.2) is 13.6 Å². The van der Waals surface area contributed by atoms with Crippen molar-refractivity contribution >= 4 is 19.3 Å². The van der Waals surface area contributed by atoms with E-state index in [0.29, 0.717) is 6.42 Å². The molecule has 1 aromatic carbocycles. The lowest BCUT2D eigenvalue weighted by atomic mass is 9.99. The Morgan fingerprint density at radius 1 is 1.32 bits per heavy atom. The normalized spacial score (nSPS) is 20.8. The van der Waals surface area contributed by atoms with E-state index in [4.69, 9.17) is 19.4 Å². The fourth-order valence-corrected chi connectivity index (χ4v) is 4.42. The number of nitriles is 1. The van der Waals surface area contributed by atoms with Crippen molar-refractivity contribution in [3.8, 4) is 6.07 Å². The number of alkyl halides is 2. The summed E-state index contributed by atoms with van der Waals surface area (Å²) < 4.78 is 37.6. The minimum absolute atomic E-state index is 0.0420. The van der Waals surface area contributed by atoms with Gasteiger partial charge in [0.2, 0.25) is 0 Å². The minimum atomic E-state index is -2.80. The number of hydrogen-bond donors (Lipinski definition) is 3. The lowest BCUT2D eigenvalue weighted by Gasteiger charge is -2.33. The Labute approximate surface area is 214 Å². The van der Waals surface area contributed by atoms with E-state index in [0.717, 1.165) is 5.56 Å². The molecule has 0 saturated carbocycles. The number of benzene rings is 1.